The van der Waals surface area contributed by atoms with Crippen LogP contribution in [0.4, 0.5) is 4.39 Å². The van der Waals surface area contributed by atoms with Gasteiger partial charge in [-0.3, -0.25) is 0 Å². The Morgan fingerprint density at radius 3 is 2.39 bits per heavy atom. The summed E-state index contributed by atoms with van der Waals surface area (Å²) in [5.74, 6) is 5.40. The topological polar surface area (TPSA) is 38.7 Å². The van der Waals surface area contributed by atoms with Gasteiger partial charge in [-0.25, -0.2) is 4.39 Å². The summed E-state index contributed by atoms with van der Waals surface area (Å²) in [4.78, 5) is 0. The Kier molecular flexibility index (Phi) is 5.00. The van der Waals surface area contributed by atoms with Gasteiger partial charge in [0.1, 0.15) is 12.3 Å². The Morgan fingerprint density at radius 1 is 1.22 bits per heavy atom. The van der Waals surface area contributed by atoms with Crippen molar-refractivity contribution >= 4 is 12.7 Å². The fourth-order valence-electron chi connectivity index (χ4n) is 2.23. The Bertz CT molecular complexity index is 667. The summed E-state index contributed by atoms with van der Waals surface area (Å²) in [6, 6.07) is 7.21. The smallest absolute Gasteiger partial charge is 0.398 e. The number of allylic oxidation sites excluding steroid dienone is 1. The second kappa shape index (κ2) is 6.49. The van der Waals surface area contributed by atoms with Gasteiger partial charge in [0, 0.05) is 5.56 Å². The van der Waals surface area contributed by atoms with E-state index in [1.54, 1.807) is 19.1 Å². The van der Waals surface area contributed by atoms with E-state index in [2.05, 4.69) is 11.8 Å². The third kappa shape index (κ3) is 3.66. The number of hydrogen-bond donors (Lipinski definition) is 1. The number of benzene rings is 1. The van der Waals surface area contributed by atoms with E-state index in [0.717, 1.165) is 5.56 Å². The van der Waals surface area contributed by atoms with Crippen LogP contribution in [0.2, 0.25) is 0 Å². The average Bonchev–Trinajstić information content (AvgIpc) is 2.72. The molecule has 1 aromatic carbocycles. The number of halogens is 1. The van der Waals surface area contributed by atoms with Gasteiger partial charge in [0.25, 0.3) is 0 Å². The van der Waals surface area contributed by atoms with Gasteiger partial charge in [-0.1, -0.05) is 24.0 Å². The summed E-state index contributed by atoms with van der Waals surface area (Å²) >= 11 is 0. The predicted molar refractivity (Wildman–Crippen MR) is 90.2 cm³/mol. The lowest BCUT2D eigenvalue weighted by atomic mass is 9.83. The molecule has 0 aromatic heterocycles. The van der Waals surface area contributed by atoms with E-state index in [4.69, 9.17) is 14.4 Å². The van der Waals surface area contributed by atoms with E-state index in [-0.39, 0.29) is 6.61 Å². The molecule has 0 spiro atoms. The van der Waals surface area contributed by atoms with Crippen LogP contribution < -0.4 is 0 Å². The minimum absolute atomic E-state index is 0.207. The molecular weight excluding hydrogens is 294 g/mol. The van der Waals surface area contributed by atoms with Crippen LogP contribution in [0.5, 0.6) is 0 Å². The van der Waals surface area contributed by atoms with E-state index in [1.165, 1.54) is 0 Å². The Hall–Kier alpha value is -1.61. The van der Waals surface area contributed by atoms with Crippen LogP contribution in [-0.4, -0.2) is 30.0 Å². The van der Waals surface area contributed by atoms with Crippen molar-refractivity contribution in [3.8, 4) is 11.8 Å². The standard InChI is InChI=1S/C18H22BFO3/c1-13(15-10-6-8-14(12-15)9-7-11-21)16(20)19-22-17(2,3)18(4,5)23-19/h6,8,10,12,21H,11H2,1-5H3. The fourth-order valence-corrected chi connectivity index (χ4v) is 2.23. The molecule has 1 aliphatic heterocycles. The quantitative estimate of drug-likeness (QED) is 0.672. The highest BCUT2D eigenvalue weighted by Crippen LogP contribution is 2.40. The summed E-state index contributed by atoms with van der Waals surface area (Å²) in [5.41, 5.74) is 0.291. The van der Waals surface area contributed by atoms with E-state index in [1.807, 2.05) is 39.8 Å². The molecule has 0 amide bonds. The van der Waals surface area contributed by atoms with Crippen LogP contribution in [0.3, 0.4) is 0 Å². The van der Waals surface area contributed by atoms with Crippen LogP contribution in [0.25, 0.3) is 5.57 Å². The molecule has 0 radical (unpaired) electrons. The summed E-state index contributed by atoms with van der Waals surface area (Å²) in [7, 11) is -1.01. The molecule has 0 atom stereocenters. The van der Waals surface area contributed by atoms with Gasteiger partial charge in [0.15, 0.2) is 0 Å². The average molecular weight is 316 g/mol. The Morgan fingerprint density at radius 2 is 1.83 bits per heavy atom. The zero-order valence-corrected chi connectivity index (χ0v) is 14.2. The van der Waals surface area contributed by atoms with Gasteiger partial charge < -0.3 is 14.4 Å². The molecule has 0 bridgehead atoms. The second-order valence-electron chi connectivity index (χ2n) is 6.60. The van der Waals surface area contributed by atoms with Gasteiger partial charge in [-0.15, -0.1) is 0 Å². The highest BCUT2D eigenvalue weighted by molar-refractivity contribution is 6.55. The first-order chi connectivity index (χ1) is 10.7. The van der Waals surface area contributed by atoms with Crippen molar-refractivity contribution in [1.82, 2.24) is 0 Å². The number of rotatable bonds is 2. The lowest BCUT2D eigenvalue weighted by Gasteiger charge is -2.32. The first kappa shape index (κ1) is 17.7. The molecule has 1 fully saturated rings. The van der Waals surface area contributed by atoms with Crippen molar-refractivity contribution in [2.24, 2.45) is 0 Å². The van der Waals surface area contributed by atoms with Crippen LogP contribution in [0.1, 0.15) is 45.7 Å². The molecule has 1 N–H and O–H groups in total. The van der Waals surface area contributed by atoms with Crippen molar-refractivity contribution in [3.05, 3.63) is 41.1 Å². The molecule has 1 aliphatic rings. The largest absolute Gasteiger partial charge is 0.525 e. The van der Waals surface area contributed by atoms with Crippen molar-refractivity contribution in [3.63, 3.8) is 0 Å². The van der Waals surface area contributed by atoms with E-state index in [0.29, 0.717) is 11.1 Å². The highest BCUT2D eigenvalue weighted by atomic mass is 19.1. The summed E-state index contributed by atoms with van der Waals surface area (Å²) in [5, 5.41) is 8.76. The highest BCUT2D eigenvalue weighted by Gasteiger charge is 2.53. The monoisotopic (exact) mass is 316 g/mol. The second-order valence-corrected chi connectivity index (χ2v) is 6.60. The molecule has 0 saturated carbocycles. The normalized spacial score (nSPS) is 19.9. The number of hydrogen-bond acceptors (Lipinski definition) is 3. The predicted octanol–water partition coefficient (Wildman–Crippen LogP) is 3.36. The van der Waals surface area contributed by atoms with Crippen LogP contribution in [0.15, 0.2) is 30.0 Å². The molecule has 5 heteroatoms. The lowest BCUT2D eigenvalue weighted by Crippen LogP contribution is -2.41. The molecule has 2 rings (SSSR count). The third-order valence-corrected chi connectivity index (χ3v) is 4.43. The van der Waals surface area contributed by atoms with Gasteiger partial charge in [-0.2, -0.15) is 0 Å². The Labute approximate surface area is 137 Å². The fraction of sp³-hybridized carbons (Fsp3) is 0.444. The van der Waals surface area contributed by atoms with Crippen molar-refractivity contribution in [1.29, 1.82) is 0 Å². The lowest BCUT2D eigenvalue weighted by molar-refractivity contribution is 0.00578. The van der Waals surface area contributed by atoms with Crippen LogP contribution in [0, 0.1) is 11.8 Å². The van der Waals surface area contributed by atoms with Crippen LogP contribution in [-0.2, 0) is 9.31 Å². The van der Waals surface area contributed by atoms with E-state index in [9.17, 15) is 4.39 Å². The van der Waals surface area contributed by atoms with Crippen molar-refractivity contribution in [2.75, 3.05) is 6.61 Å². The molecule has 1 heterocycles. The Balaban J connectivity index is 2.31. The van der Waals surface area contributed by atoms with Gasteiger partial charge >= 0.3 is 7.12 Å². The minimum atomic E-state index is -1.01. The van der Waals surface area contributed by atoms with Gasteiger partial charge in [-0.05, 0) is 57.9 Å². The molecule has 122 valence electrons. The van der Waals surface area contributed by atoms with E-state index >= 15 is 0 Å². The molecule has 1 saturated heterocycles. The summed E-state index contributed by atoms with van der Waals surface area (Å²) < 4.78 is 26.3. The van der Waals surface area contributed by atoms with Crippen molar-refractivity contribution in [2.45, 2.75) is 45.8 Å². The molecule has 23 heavy (non-hydrogen) atoms. The third-order valence-electron chi connectivity index (χ3n) is 4.43. The van der Waals surface area contributed by atoms with E-state index < -0.39 is 24.0 Å². The molecule has 3 nitrogen and oxygen atoms in total. The summed E-state index contributed by atoms with van der Waals surface area (Å²) in [6.45, 7) is 9.04. The summed E-state index contributed by atoms with van der Waals surface area (Å²) in [6.07, 6.45) is 0. The van der Waals surface area contributed by atoms with Crippen molar-refractivity contribution < 1.29 is 18.8 Å². The van der Waals surface area contributed by atoms with Gasteiger partial charge in [0.05, 0.1) is 11.2 Å². The SMILES string of the molecule is CC(=C(F)B1OC(C)(C)C(C)(C)O1)c1cccc(C#CCO)c1. The molecule has 0 unspecified atom stereocenters. The number of aliphatic hydroxyl groups is 1. The maximum absolute atomic E-state index is 14.8. The zero-order chi connectivity index (χ0) is 17.3. The maximum Gasteiger partial charge on any atom is 0.525 e. The first-order valence-electron chi connectivity index (χ1n) is 7.60. The number of aliphatic hydroxyl groups excluding tert-OH is 1. The maximum atomic E-state index is 14.8. The molecule has 1 aromatic rings. The molecule has 0 aliphatic carbocycles. The molecular formula is C18H22BFO3. The zero-order valence-electron chi connectivity index (χ0n) is 14.2. The van der Waals surface area contributed by atoms with Crippen LogP contribution >= 0.6 is 0 Å². The minimum Gasteiger partial charge on any atom is -0.398 e. The first-order valence-corrected chi connectivity index (χ1v) is 7.60. The van der Waals surface area contributed by atoms with Gasteiger partial charge in [0.2, 0.25) is 0 Å².